The molecule has 0 spiro atoms. The van der Waals surface area contributed by atoms with E-state index < -0.39 is 17.7 Å². The lowest BCUT2D eigenvalue weighted by Crippen LogP contribution is -2.35. The third kappa shape index (κ3) is 4.91. The van der Waals surface area contributed by atoms with Crippen molar-refractivity contribution in [3.8, 4) is 11.5 Å². The number of aliphatic hydroxyl groups excluding tert-OH is 1. The summed E-state index contributed by atoms with van der Waals surface area (Å²) in [6, 6.07) is 8.86. The second kappa shape index (κ2) is 9.68. The molecule has 3 rings (SSSR count). The summed E-state index contributed by atoms with van der Waals surface area (Å²) in [5, 5.41) is 21.3. The molecule has 0 radical (unpaired) electrons. The average Bonchev–Trinajstić information content (AvgIpc) is 3.02. The number of carbonyl (C=O) groups is 2. The second-order valence-electron chi connectivity index (χ2n) is 9.67. The second-order valence-corrected chi connectivity index (χ2v) is 10.1. The molecule has 182 valence electrons. The summed E-state index contributed by atoms with van der Waals surface area (Å²) in [6.45, 7) is 6.85. The molecule has 0 bridgehead atoms. The number of ether oxygens (including phenoxy) is 1. The van der Waals surface area contributed by atoms with Gasteiger partial charge in [-0.3, -0.25) is 9.59 Å². The highest BCUT2D eigenvalue weighted by Crippen LogP contribution is 2.42. The average molecular weight is 487 g/mol. The van der Waals surface area contributed by atoms with Crippen LogP contribution in [-0.4, -0.2) is 66.0 Å². The minimum absolute atomic E-state index is 0.0180. The van der Waals surface area contributed by atoms with Crippen molar-refractivity contribution < 1.29 is 24.5 Å². The molecular weight excluding hydrogens is 456 g/mol. The van der Waals surface area contributed by atoms with Crippen LogP contribution in [0.3, 0.4) is 0 Å². The van der Waals surface area contributed by atoms with E-state index >= 15 is 0 Å². The van der Waals surface area contributed by atoms with Gasteiger partial charge in [0.25, 0.3) is 11.7 Å². The van der Waals surface area contributed by atoms with Gasteiger partial charge in [-0.15, -0.1) is 0 Å². The van der Waals surface area contributed by atoms with Crippen LogP contribution in [0.25, 0.3) is 5.76 Å². The quantitative estimate of drug-likeness (QED) is 0.359. The summed E-state index contributed by atoms with van der Waals surface area (Å²) in [7, 11) is 5.32. The van der Waals surface area contributed by atoms with Crippen LogP contribution in [0.1, 0.15) is 43.5 Å². The summed E-state index contributed by atoms with van der Waals surface area (Å²) in [4.78, 5) is 29.6. The molecule has 34 heavy (non-hydrogen) atoms. The van der Waals surface area contributed by atoms with E-state index in [4.69, 9.17) is 16.3 Å². The molecule has 1 aliphatic rings. The SMILES string of the molecule is COc1ccc(/C(O)=C2/C(=O)C(=O)N(CCN(C)C)C2c2ccc(O)c(Cl)c2)cc1C(C)(C)C. The number of nitrogens with zero attached hydrogens (tertiary/aromatic N) is 2. The number of aromatic hydroxyl groups is 1. The minimum atomic E-state index is -0.849. The lowest BCUT2D eigenvalue weighted by atomic mass is 9.84. The molecule has 1 unspecified atom stereocenters. The summed E-state index contributed by atoms with van der Waals surface area (Å²) >= 11 is 6.15. The number of hydrogen-bond acceptors (Lipinski definition) is 6. The van der Waals surface area contributed by atoms with Crippen molar-refractivity contribution in [2.75, 3.05) is 34.3 Å². The van der Waals surface area contributed by atoms with Gasteiger partial charge in [0, 0.05) is 24.2 Å². The maximum absolute atomic E-state index is 13.2. The Morgan fingerprint density at radius 1 is 1.15 bits per heavy atom. The zero-order valence-electron chi connectivity index (χ0n) is 20.3. The molecular formula is C26H31ClN2O5. The van der Waals surface area contributed by atoms with Crippen LogP contribution in [-0.2, 0) is 15.0 Å². The van der Waals surface area contributed by atoms with Crippen LogP contribution in [0.4, 0.5) is 0 Å². The summed E-state index contributed by atoms with van der Waals surface area (Å²) in [5.41, 5.74) is 1.47. The van der Waals surface area contributed by atoms with Gasteiger partial charge >= 0.3 is 0 Å². The van der Waals surface area contributed by atoms with E-state index in [1.54, 1.807) is 31.4 Å². The molecule has 1 heterocycles. The molecule has 1 aliphatic heterocycles. The third-order valence-corrected chi connectivity index (χ3v) is 6.20. The number of halogens is 1. The van der Waals surface area contributed by atoms with Crippen molar-refractivity contribution >= 4 is 29.1 Å². The van der Waals surface area contributed by atoms with Crippen LogP contribution in [0.2, 0.25) is 5.02 Å². The molecule has 0 saturated carbocycles. The number of methoxy groups -OCH3 is 1. The van der Waals surface area contributed by atoms with Crippen LogP contribution < -0.4 is 4.74 Å². The number of rotatable bonds is 6. The van der Waals surface area contributed by atoms with Gasteiger partial charge in [0.1, 0.15) is 17.3 Å². The number of likely N-dealkylation sites (tertiary alicyclic amines) is 1. The number of Topliss-reactive ketones (excluding diaryl/α,β-unsaturated/α-hetero) is 1. The largest absolute Gasteiger partial charge is 0.507 e. The van der Waals surface area contributed by atoms with Crippen molar-refractivity contribution in [1.82, 2.24) is 9.80 Å². The van der Waals surface area contributed by atoms with Gasteiger partial charge in [0.2, 0.25) is 0 Å². The van der Waals surface area contributed by atoms with Crippen molar-refractivity contribution in [2.45, 2.75) is 32.2 Å². The van der Waals surface area contributed by atoms with Gasteiger partial charge in [-0.1, -0.05) is 38.4 Å². The molecule has 0 aliphatic carbocycles. The molecule has 8 heteroatoms. The van der Waals surface area contributed by atoms with Gasteiger partial charge in [-0.2, -0.15) is 0 Å². The number of phenolic OH excluding ortho intramolecular Hbond substituents is 1. The number of likely N-dealkylation sites (N-methyl/N-ethyl adjacent to an activating group) is 1. The predicted molar refractivity (Wildman–Crippen MR) is 132 cm³/mol. The fourth-order valence-electron chi connectivity index (χ4n) is 4.06. The number of amides is 1. The molecule has 2 aromatic carbocycles. The van der Waals surface area contributed by atoms with Crippen molar-refractivity contribution in [3.63, 3.8) is 0 Å². The van der Waals surface area contributed by atoms with E-state index in [9.17, 15) is 19.8 Å². The summed E-state index contributed by atoms with van der Waals surface area (Å²) in [5.74, 6) is -1.17. The molecule has 1 saturated heterocycles. The standard InChI is InChI=1S/C26H31ClN2O5/c1-26(2,3)17-13-16(8-10-20(17)34-6)23(31)21-22(15-7-9-19(30)18(27)14-15)29(12-11-28(4)5)25(33)24(21)32/h7-10,13-14,22,30-31H,11-12H2,1-6H3/b23-21-. The smallest absolute Gasteiger partial charge is 0.295 e. The Kier molecular flexibility index (Phi) is 7.29. The molecule has 0 aromatic heterocycles. The Balaban J connectivity index is 2.22. The molecule has 1 amide bonds. The number of ketones is 1. The zero-order valence-corrected chi connectivity index (χ0v) is 21.1. The number of aliphatic hydroxyl groups is 1. The number of phenols is 1. The van der Waals surface area contributed by atoms with Crippen LogP contribution >= 0.6 is 11.6 Å². The van der Waals surface area contributed by atoms with E-state index in [1.807, 2.05) is 39.8 Å². The summed E-state index contributed by atoms with van der Waals surface area (Å²) < 4.78 is 5.49. The number of hydrogen-bond donors (Lipinski definition) is 2. The zero-order chi connectivity index (χ0) is 25.4. The van der Waals surface area contributed by atoms with Crippen LogP contribution in [0, 0.1) is 0 Å². The van der Waals surface area contributed by atoms with E-state index in [2.05, 4.69) is 0 Å². The normalized spacial score (nSPS) is 18.1. The first-order valence-corrected chi connectivity index (χ1v) is 11.3. The minimum Gasteiger partial charge on any atom is -0.507 e. The van der Waals surface area contributed by atoms with Gasteiger partial charge in [0.15, 0.2) is 0 Å². The molecule has 1 fully saturated rings. The Hall–Kier alpha value is -3.03. The van der Waals surface area contributed by atoms with Crippen LogP contribution in [0.15, 0.2) is 42.0 Å². The topological polar surface area (TPSA) is 90.3 Å². The Morgan fingerprint density at radius 2 is 1.82 bits per heavy atom. The molecule has 1 atom stereocenters. The highest BCUT2D eigenvalue weighted by Gasteiger charge is 2.46. The Bertz CT molecular complexity index is 1150. The fraction of sp³-hybridized carbons (Fsp3) is 0.385. The highest BCUT2D eigenvalue weighted by atomic mass is 35.5. The molecule has 7 nitrogen and oxygen atoms in total. The number of carbonyl (C=O) groups excluding carboxylic acids is 2. The summed E-state index contributed by atoms with van der Waals surface area (Å²) in [6.07, 6.45) is 0. The molecule has 2 N–H and O–H groups in total. The lowest BCUT2D eigenvalue weighted by Gasteiger charge is -2.27. The van der Waals surface area contributed by atoms with Crippen molar-refractivity contribution in [2.24, 2.45) is 0 Å². The first kappa shape index (κ1) is 25.6. The maximum atomic E-state index is 13.2. The predicted octanol–water partition coefficient (Wildman–Crippen LogP) is 4.34. The first-order chi connectivity index (χ1) is 15.9. The van der Waals surface area contributed by atoms with Crippen molar-refractivity contribution in [1.29, 1.82) is 0 Å². The number of benzene rings is 2. The third-order valence-electron chi connectivity index (χ3n) is 5.90. The van der Waals surface area contributed by atoms with E-state index in [-0.39, 0.29) is 34.1 Å². The monoisotopic (exact) mass is 486 g/mol. The van der Waals surface area contributed by atoms with Crippen molar-refractivity contribution in [3.05, 3.63) is 63.7 Å². The van der Waals surface area contributed by atoms with Crippen LogP contribution in [0.5, 0.6) is 11.5 Å². The van der Waals surface area contributed by atoms with Gasteiger partial charge in [-0.05, 0) is 55.4 Å². The van der Waals surface area contributed by atoms with Gasteiger partial charge in [-0.25, -0.2) is 0 Å². The van der Waals surface area contributed by atoms with E-state index in [1.165, 1.54) is 17.0 Å². The fourth-order valence-corrected chi connectivity index (χ4v) is 4.24. The maximum Gasteiger partial charge on any atom is 0.295 e. The highest BCUT2D eigenvalue weighted by molar-refractivity contribution is 6.46. The van der Waals surface area contributed by atoms with Gasteiger partial charge in [0.05, 0.1) is 23.7 Å². The molecule has 2 aromatic rings. The van der Waals surface area contributed by atoms with E-state index in [0.29, 0.717) is 23.4 Å². The Morgan fingerprint density at radius 3 is 2.38 bits per heavy atom. The van der Waals surface area contributed by atoms with Gasteiger partial charge < -0.3 is 24.7 Å². The Labute approximate surface area is 205 Å². The first-order valence-electron chi connectivity index (χ1n) is 11.0. The lowest BCUT2D eigenvalue weighted by molar-refractivity contribution is -0.140. The van der Waals surface area contributed by atoms with E-state index in [0.717, 1.165) is 5.56 Å².